The van der Waals surface area contributed by atoms with Crippen LogP contribution < -0.4 is 0 Å². The second-order valence-electron chi connectivity index (χ2n) is 4.95. The van der Waals surface area contributed by atoms with E-state index in [2.05, 4.69) is 18.8 Å². The van der Waals surface area contributed by atoms with Crippen molar-refractivity contribution >= 4 is 30.7 Å². The Morgan fingerprint density at radius 3 is 2.37 bits per heavy atom. The average Bonchev–Trinajstić information content (AvgIpc) is 2.84. The van der Waals surface area contributed by atoms with Gasteiger partial charge in [0.15, 0.2) is 0 Å². The second kappa shape index (κ2) is 7.92. The van der Waals surface area contributed by atoms with E-state index in [1.807, 2.05) is 24.3 Å². The molecule has 2 rings (SSSR count). The zero-order chi connectivity index (χ0) is 13.5. The minimum atomic E-state index is -1.03. The summed E-state index contributed by atoms with van der Waals surface area (Å²) in [6.45, 7) is 4.57. The van der Waals surface area contributed by atoms with Crippen molar-refractivity contribution in [3.8, 4) is 0 Å². The van der Waals surface area contributed by atoms with Crippen molar-refractivity contribution in [3.63, 3.8) is 0 Å². The number of hydrogen-bond acceptors (Lipinski definition) is 2. The quantitative estimate of drug-likeness (QED) is 0.608. The SMILES string of the molecule is CCCC[Te+](CCCC)Cc1nc2ccccc2o1. The molecule has 104 valence electrons. The summed E-state index contributed by atoms with van der Waals surface area (Å²) in [6.07, 6.45) is 5.41. The van der Waals surface area contributed by atoms with Crippen molar-refractivity contribution in [1.82, 2.24) is 4.98 Å². The topological polar surface area (TPSA) is 26.0 Å². The van der Waals surface area contributed by atoms with Crippen LogP contribution in [-0.4, -0.2) is 24.5 Å². The van der Waals surface area contributed by atoms with Crippen molar-refractivity contribution < 1.29 is 4.42 Å². The van der Waals surface area contributed by atoms with E-state index < -0.39 is 19.6 Å². The fraction of sp³-hybridized carbons (Fsp3) is 0.562. The van der Waals surface area contributed by atoms with Crippen LogP contribution in [0.15, 0.2) is 28.7 Å². The van der Waals surface area contributed by atoms with Crippen LogP contribution in [0, 0.1) is 0 Å². The third-order valence-corrected chi connectivity index (χ3v) is 10.1. The van der Waals surface area contributed by atoms with Gasteiger partial charge in [0.2, 0.25) is 0 Å². The summed E-state index contributed by atoms with van der Waals surface area (Å²) in [5, 5.41) is 0. The second-order valence-corrected chi connectivity index (χ2v) is 11.6. The molecular weight excluding hydrogens is 350 g/mol. The van der Waals surface area contributed by atoms with Gasteiger partial charge in [-0.1, -0.05) is 0 Å². The number of nitrogens with zero attached hydrogens (tertiary/aromatic N) is 1. The zero-order valence-corrected chi connectivity index (χ0v) is 14.4. The number of hydrogen-bond donors (Lipinski definition) is 0. The molecule has 0 N–H and O–H groups in total. The van der Waals surface area contributed by atoms with E-state index in [0.29, 0.717) is 0 Å². The van der Waals surface area contributed by atoms with Gasteiger partial charge in [-0.25, -0.2) is 0 Å². The van der Waals surface area contributed by atoms with Crippen LogP contribution in [0.2, 0.25) is 8.94 Å². The minimum absolute atomic E-state index is 0.946. The molecule has 19 heavy (non-hydrogen) atoms. The van der Waals surface area contributed by atoms with Gasteiger partial charge in [-0.2, -0.15) is 0 Å². The molecule has 0 atom stereocenters. The molecule has 0 radical (unpaired) electrons. The standard InChI is InChI=1S/C16H24NOTe/c1-3-5-11-19(12-6-4-2)13-16-17-14-9-7-8-10-15(14)18-16/h7-10H,3-6,11-13H2,1-2H3/q+1. The molecule has 1 aromatic carbocycles. The Bertz CT molecular complexity index is 453. The summed E-state index contributed by atoms with van der Waals surface area (Å²) < 4.78 is 10.00. The number of para-hydroxylation sites is 2. The monoisotopic (exact) mass is 376 g/mol. The van der Waals surface area contributed by atoms with Gasteiger partial charge in [-0.05, 0) is 0 Å². The molecule has 0 unspecified atom stereocenters. The Balaban J connectivity index is 2.01. The number of fused-ring (bicyclic) bond motifs is 1. The zero-order valence-electron chi connectivity index (χ0n) is 12.0. The van der Waals surface area contributed by atoms with Gasteiger partial charge in [0.25, 0.3) is 0 Å². The number of benzene rings is 1. The summed E-state index contributed by atoms with van der Waals surface area (Å²) >= 11 is -1.03. The molecule has 3 heteroatoms. The first-order valence-corrected chi connectivity index (χ1v) is 12.3. The molecule has 0 fully saturated rings. The van der Waals surface area contributed by atoms with Crippen LogP contribution in [-0.2, 0) is 4.47 Å². The van der Waals surface area contributed by atoms with E-state index in [0.717, 1.165) is 21.5 Å². The molecule has 2 nitrogen and oxygen atoms in total. The number of unbranched alkanes of at least 4 members (excludes halogenated alkanes) is 2. The maximum atomic E-state index is 5.89. The molecule has 0 aliphatic heterocycles. The maximum absolute atomic E-state index is 5.89. The third kappa shape index (κ3) is 4.51. The molecule has 0 saturated carbocycles. The summed E-state index contributed by atoms with van der Waals surface area (Å²) in [5.41, 5.74) is 1.96. The van der Waals surface area contributed by atoms with Gasteiger partial charge < -0.3 is 0 Å². The van der Waals surface area contributed by atoms with E-state index >= 15 is 0 Å². The number of oxazole rings is 1. The summed E-state index contributed by atoms with van der Waals surface area (Å²) in [6, 6.07) is 8.10. The predicted molar refractivity (Wildman–Crippen MR) is 82.9 cm³/mol. The molecule has 2 aromatic rings. The molecule has 0 bridgehead atoms. The normalized spacial score (nSPS) is 11.5. The Labute approximate surface area is 123 Å². The van der Waals surface area contributed by atoms with Crippen molar-refractivity contribution in [1.29, 1.82) is 0 Å². The van der Waals surface area contributed by atoms with Gasteiger partial charge >= 0.3 is 123 Å². The molecule has 1 heterocycles. The Kier molecular flexibility index (Phi) is 6.20. The van der Waals surface area contributed by atoms with Crippen LogP contribution in [0.1, 0.15) is 45.4 Å². The predicted octanol–water partition coefficient (Wildman–Crippen LogP) is 5.00. The Morgan fingerprint density at radius 2 is 1.74 bits per heavy atom. The van der Waals surface area contributed by atoms with Crippen LogP contribution >= 0.6 is 0 Å². The molecule has 0 saturated heterocycles. The first-order valence-electron chi connectivity index (χ1n) is 7.32. The fourth-order valence-electron chi connectivity index (χ4n) is 2.10. The third-order valence-electron chi connectivity index (χ3n) is 3.24. The van der Waals surface area contributed by atoms with Crippen molar-refractivity contribution in [2.45, 2.75) is 52.9 Å². The molecule has 0 aliphatic carbocycles. The summed E-state index contributed by atoms with van der Waals surface area (Å²) in [7, 11) is 0. The van der Waals surface area contributed by atoms with Crippen LogP contribution in [0.5, 0.6) is 0 Å². The van der Waals surface area contributed by atoms with Gasteiger partial charge in [-0.3, -0.25) is 0 Å². The first kappa shape index (κ1) is 14.9. The summed E-state index contributed by atoms with van der Waals surface area (Å²) in [5.74, 6) is 0.991. The van der Waals surface area contributed by atoms with Crippen LogP contribution in [0.3, 0.4) is 0 Å². The van der Waals surface area contributed by atoms with Gasteiger partial charge in [0.05, 0.1) is 0 Å². The van der Waals surface area contributed by atoms with E-state index in [1.165, 1.54) is 34.6 Å². The van der Waals surface area contributed by atoms with E-state index in [1.54, 1.807) is 0 Å². The molecule has 0 spiro atoms. The summed E-state index contributed by atoms with van der Waals surface area (Å²) in [4.78, 5) is 4.64. The first-order chi connectivity index (χ1) is 9.33. The van der Waals surface area contributed by atoms with Gasteiger partial charge in [0.1, 0.15) is 0 Å². The Hall–Kier alpha value is -0.520. The number of aromatic nitrogens is 1. The van der Waals surface area contributed by atoms with E-state index in [4.69, 9.17) is 4.42 Å². The van der Waals surface area contributed by atoms with E-state index in [9.17, 15) is 0 Å². The van der Waals surface area contributed by atoms with Crippen molar-refractivity contribution in [2.75, 3.05) is 0 Å². The fourth-order valence-corrected chi connectivity index (χ4v) is 8.83. The Morgan fingerprint density at radius 1 is 1.05 bits per heavy atom. The van der Waals surface area contributed by atoms with Crippen LogP contribution in [0.25, 0.3) is 11.1 Å². The van der Waals surface area contributed by atoms with Crippen LogP contribution in [0.4, 0.5) is 0 Å². The number of rotatable bonds is 8. The van der Waals surface area contributed by atoms with Crippen molar-refractivity contribution in [2.24, 2.45) is 0 Å². The molecule has 0 aliphatic rings. The molecular formula is C16H24NOTe+. The molecule has 0 amide bonds. The molecule has 1 aromatic heterocycles. The van der Waals surface area contributed by atoms with E-state index in [-0.39, 0.29) is 0 Å². The average molecular weight is 374 g/mol. The van der Waals surface area contributed by atoms with Crippen molar-refractivity contribution in [3.05, 3.63) is 30.2 Å². The van der Waals surface area contributed by atoms with Gasteiger partial charge in [0, 0.05) is 0 Å². The van der Waals surface area contributed by atoms with Gasteiger partial charge in [-0.15, -0.1) is 0 Å².